The third-order valence-corrected chi connectivity index (χ3v) is 4.24. The zero-order chi connectivity index (χ0) is 16.1. The minimum Gasteiger partial charge on any atom is -0.489 e. The van der Waals surface area contributed by atoms with Gasteiger partial charge in [0.25, 0.3) is 0 Å². The van der Waals surface area contributed by atoms with Crippen LogP contribution in [0.15, 0.2) is 41.8 Å². The number of ether oxygens (including phenoxy) is 1. The van der Waals surface area contributed by atoms with Crippen molar-refractivity contribution in [1.29, 1.82) is 0 Å². The first kappa shape index (κ1) is 16.7. The van der Waals surface area contributed by atoms with E-state index in [4.69, 9.17) is 10.5 Å². The van der Waals surface area contributed by atoms with Gasteiger partial charge in [-0.1, -0.05) is 32.6 Å². The molecular weight excluding hydrogens is 292 g/mol. The van der Waals surface area contributed by atoms with E-state index < -0.39 is 0 Å². The molecular formula is C18H24N2OS. The molecule has 0 bridgehead atoms. The van der Waals surface area contributed by atoms with E-state index in [1.807, 2.05) is 31.2 Å². The Balaban J connectivity index is 1.96. The lowest BCUT2D eigenvalue weighted by Gasteiger charge is -2.12. The first-order valence-electron chi connectivity index (χ1n) is 7.52. The lowest BCUT2D eigenvalue weighted by Crippen LogP contribution is -2.13. The molecule has 0 aliphatic carbocycles. The van der Waals surface area contributed by atoms with Gasteiger partial charge in [-0.15, -0.1) is 11.3 Å². The molecule has 4 heteroatoms. The topological polar surface area (TPSA) is 48.1 Å². The number of benzene rings is 1. The van der Waals surface area contributed by atoms with Crippen LogP contribution in [0.2, 0.25) is 0 Å². The van der Waals surface area contributed by atoms with Crippen LogP contribution < -0.4 is 10.5 Å². The Kier molecular flexibility index (Phi) is 5.75. The van der Waals surface area contributed by atoms with Crippen molar-refractivity contribution < 1.29 is 4.74 Å². The normalized spacial score (nSPS) is 12.4. The molecule has 0 radical (unpaired) electrons. The average molecular weight is 316 g/mol. The molecule has 1 unspecified atom stereocenters. The molecule has 0 aliphatic heterocycles. The van der Waals surface area contributed by atoms with Crippen LogP contribution in [-0.2, 0) is 6.42 Å². The lowest BCUT2D eigenvalue weighted by molar-refractivity contribution is 0.352. The van der Waals surface area contributed by atoms with Gasteiger partial charge in [0.2, 0.25) is 0 Å². The highest BCUT2D eigenvalue weighted by atomic mass is 32.1. The summed E-state index contributed by atoms with van der Waals surface area (Å²) in [6.07, 6.45) is 0.767. The third-order valence-electron chi connectivity index (χ3n) is 3.35. The van der Waals surface area contributed by atoms with Crippen LogP contribution in [-0.4, -0.2) is 11.6 Å². The highest BCUT2D eigenvalue weighted by molar-refractivity contribution is 7.09. The van der Waals surface area contributed by atoms with Gasteiger partial charge in [0, 0.05) is 17.8 Å². The van der Waals surface area contributed by atoms with Gasteiger partial charge in [0.15, 0.2) is 0 Å². The van der Waals surface area contributed by atoms with E-state index in [-0.39, 0.29) is 6.04 Å². The second kappa shape index (κ2) is 7.56. The van der Waals surface area contributed by atoms with Crippen LogP contribution in [0.1, 0.15) is 49.0 Å². The van der Waals surface area contributed by atoms with E-state index in [9.17, 15) is 0 Å². The Hall–Kier alpha value is -1.65. The quantitative estimate of drug-likeness (QED) is 0.767. The fourth-order valence-corrected chi connectivity index (χ4v) is 3.02. The third kappa shape index (κ3) is 4.68. The number of nitrogens with two attached hydrogens (primary N) is 1. The second-order valence-corrected chi connectivity index (χ2v) is 6.89. The SMILES string of the molecule is C=C(C)COc1ccc(C(N)Cc2nc(C(C)C)cs2)cc1. The van der Waals surface area contributed by atoms with E-state index >= 15 is 0 Å². The molecule has 0 aliphatic rings. The van der Waals surface area contributed by atoms with Gasteiger partial charge in [-0.05, 0) is 36.1 Å². The predicted octanol–water partition coefficient (Wildman–Crippen LogP) is 4.46. The number of hydrogen-bond donors (Lipinski definition) is 1. The molecule has 0 spiro atoms. The van der Waals surface area contributed by atoms with E-state index in [1.165, 1.54) is 0 Å². The maximum Gasteiger partial charge on any atom is 0.119 e. The van der Waals surface area contributed by atoms with Crippen molar-refractivity contribution in [3.05, 3.63) is 58.1 Å². The molecule has 2 aromatic rings. The smallest absolute Gasteiger partial charge is 0.119 e. The number of thiazole rings is 1. The van der Waals surface area contributed by atoms with Gasteiger partial charge in [-0.3, -0.25) is 0 Å². The van der Waals surface area contributed by atoms with Gasteiger partial charge in [0.05, 0.1) is 10.7 Å². The summed E-state index contributed by atoms with van der Waals surface area (Å²) < 4.78 is 5.60. The monoisotopic (exact) mass is 316 g/mol. The maximum atomic E-state index is 6.30. The van der Waals surface area contributed by atoms with Crippen LogP contribution in [0.25, 0.3) is 0 Å². The van der Waals surface area contributed by atoms with Crippen LogP contribution in [0.4, 0.5) is 0 Å². The summed E-state index contributed by atoms with van der Waals surface area (Å²) >= 11 is 1.69. The molecule has 2 N–H and O–H groups in total. The summed E-state index contributed by atoms with van der Waals surface area (Å²) in [7, 11) is 0. The summed E-state index contributed by atoms with van der Waals surface area (Å²) in [5.74, 6) is 1.31. The summed E-state index contributed by atoms with van der Waals surface area (Å²) in [6, 6.07) is 7.92. The second-order valence-electron chi connectivity index (χ2n) is 5.95. The molecule has 118 valence electrons. The molecule has 1 aromatic carbocycles. The standard InChI is InChI=1S/C18H24N2OS/c1-12(2)10-21-15-7-5-14(6-8-15)16(19)9-18-20-17(11-22-18)13(3)4/h5-8,11,13,16H,1,9-10,19H2,2-4H3. The van der Waals surface area contributed by atoms with Crippen molar-refractivity contribution in [1.82, 2.24) is 4.98 Å². The molecule has 0 amide bonds. The lowest BCUT2D eigenvalue weighted by atomic mass is 10.0. The Bertz CT molecular complexity index is 616. The number of rotatable bonds is 7. The fraction of sp³-hybridized carbons (Fsp3) is 0.389. The number of aromatic nitrogens is 1. The molecule has 0 fully saturated rings. The van der Waals surface area contributed by atoms with Gasteiger partial charge in [-0.2, -0.15) is 0 Å². The van der Waals surface area contributed by atoms with Crippen molar-refractivity contribution >= 4 is 11.3 Å². The van der Waals surface area contributed by atoms with Gasteiger partial charge < -0.3 is 10.5 Å². The fourth-order valence-electron chi connectivity index (χ4n) is 2.01. The summed E-state index contributed by atoms with van der Waals surface area (Å²) in [4.78, 5) is 4.65. The first-order valence-corrected chi connectivity index (χ1v) is 8.40. The van der Waals surface area contributed by atoms with Gasteiger partial charge in [-0.25, -0.2) is 4.98 Å². The first-order chi connectivity index (χ1) is 10.5. The van der Waals surface area contributed by atoms with Crippen molar-refractivity contribution in [2.75, 3.05) is 6.61 Å². The zero-order valence-electron chi connectivity index (χ0n) is 13.5. The minimum absolute atomic E-state index is 0.0404. The van der Waals surface area contributed by atoms with Crippen molar-refractivity contribution in [3.63, 3.8) is 0 Å². The zero-order valence-corrected chi connectivity index (χ0v) is 14.3. The average Bonchev–Trinajstić information content (AvgIpc) is 2.94. The molecule has 1 atom stereocenters. The largest absolute Gasteiger partial charge is 0.489 e. The number of nitrogens with zero attached hydrogens (tertiary/aromatic N) is 1. The Morgan fingerprint density at radius 1 is 1.32 bits per heavy atom. The maximum absolute atomic E-state index is 6.30. The Labute approximate surface area is 136 Å². The Morgan fingerprint density at radius 2 is 2.00 bits per heavy atom. The highest BCUT2D eigenvalue weighted by Gasteiger charge is 2.11. The molecule has 3 nitrogen and oxygen atoms in total. The molecule has 1 aromatic heterocycles. The minimum atomic E-state index is -0.0404. The van der Waals surface area contributed by atoms with E-state index in [2.05, 4.69) is 30.8 Å². The molecule has 2 rings (SSSR count). The molecule has 22 heavy (non-hydrogen) atoms. The Morgan fingerprint density at radius 3 is 2.55 bits per heavy atom. The summed E-state index contributed by atoms with van der Waals surface area (Å²) in [6.45, 7) is 10.6. The molecule has 0 saturated heterocycles. The molecule has 0 saturated carbocycles. The predicted molar refractivity (Wildman–Crippen MR) is 93.6 cm³/mol. The van der Waals surface area contributed by atoms with Crippen molar-refractivity contribution in [2.24, 2.45) is 5.73 Å². The van der Waals surface area contributed by atoms with E-state index in [1.54, 1.807) is 11.3 Å². The van der Waals surface area contributed by atoms with Crippen molar-refractivity contribution in [3.8, 4) is 5.75 Å². The van der Waals surface area contributed by atoms with E-state index in [0.29, 0.717) is 12.5 Å². The van der Waals surface area contributed by atoms with Crippen LogP contribution in [0.3, 0.4) is 0 Å². The van der Waals surface area contributed by atoms with Crippen LogP contribution in [0, 0.1) is 0 Å². The number of hydrogen-bond acceptors (Lipinski definition) is 4. The van der Waals surface area contributed by atoms with Crippen LogP contribution in [0.5, 0.6) is 5.75 Å². The van der Waals surface area contributed by atoms with Crippen LogP contribution >= 0.6 is 11.3 Å². The van der Waals surface area contributed by atoms with E-state index in [0.717, 1.165) is 34.0 Å². The van der Waals surface area contributed by atoms with Gasteiger partial charge in [0.1, 0.15) is 12.4 Å². The summed E-state index contributed by atoms with van der Waals surface area (Å²) in [5.41, 5.74) is 9.55. The molecule has 1 heterocycles. The summed E-state index contributed by atoms with van der Waals surface area (Å²) in [5, 5.41) is 3.22. The van der Waals surface area contributed by atoms with Gasteiger partial charge >= 0.3 is 0 Å². The van der Waals surface area contributed by atoms with Crippen molar-refractivity contribution in [2.45, 2.75) is 39.2 Å². The highest BCUT2D eigenvalue weighted by Crippen LogP contribution is 2.23.